The van der Waals surface area contributed by atoms with Crippen LogP contribution in [-0.4, -0.2) is 38.3 Å². The largest absolute Gasteiger partial charge is 0.480 e. The topological polar surface area (TPSA) is 74.2 Å². The smallest absolute Gasteiger partial charge is 0.436 e. The number of carbonyl (C=O) groups is 2. The Morgan fingerprint density at radius 2 is 1.73 bits per heavy atom. The Morgan fingerprint density at radius 3 is 2.20 bits per heavy atom. The van der Waals surface area contributed by atoms with Gasteiger partial charge in [-0.05, 0) is 13.8 Å². The number of nitrogens with zero attached hydrogens (tertiary/aromatic N) is 1. The van der Waals surface area contributed by atoms with E-state index in [1.807, 2.05) is 0 Å². The minimum absolute atomic E-state index is 0.00259. The molecule has 86 valence electrons. The fourth-order valence-electron chi connectivity index (χ4n) is 0.772. The lowest BCUT2D eigenvalue weighted by Gasteiger charge is -2.05. The van der Waals surface area contributed by atoms with E-state index in [4.69, 9.17) is 4.74 Å². The fourth-order valence-corrected chi connectivity index (χ4v) is 0.772. The van der Waals surface area contributed by atoms with E-state index < -0.39 is 12.1 Å². The van der Waals surface area contributed by atoms with Crippen LogP contribution >= 0.6 is 0 Å². The molecule has 0 saturated carbocycles. The highest BCUT2D eigenvalue weighted by Gasteiger charge is 2.11. The molecule has 6 heteroatoms. The number of hydrogen-bond donors (Lipinski definition) is 0. The van der Waals surface area contributed by atoms with Crippen LogP contribution in [0.5, 0.6) is 0 Å². The lowest BCUT2D eigenvalue weighted by molar-refractivity contribution is -0.141. The Balaban J connectivity index is 4.32. The summed E-state index contributed by atoms with van der Waals surface area (Å²) in [4.78, 5) is 25.3. The molecule has 0 aromatic rings. The molecular weight excluding hydrogens is 202 g/mol. The van der Waals surface area contributed by atoms with Crippen molar-refractivity contribution in [2.75, 3.05) is 20.3 Å². The molecule has 6 nitrogen and oxygen atoms in total. The molecule has 0 saturated heterocycles. The maximum absolute atomic E-state index is 11.1. The van der Waals surface area contributed by atoms with Gasteiger partial charge < -0.3 is 14.2 Å². The third-order valence-electron chi connectivity index (χ3n) is 1.30. The monoisotopic (exact) mass is 217 g/mol. The van der Waals surface area contributed by atoms with Crippen molar-refractivity contribution in [3.63, 3.8) is 0 Å². The van der Waals surface area contributed by atoms with E-state index in [0.717, 1.165) is 0 Å². The van der Waals surface area contributed by atoms with Crippen molar-refractivity contribution >= 4 is 18.0 Å². The molecule has 0 aromatic heterocycles. The zero-order chi connectivity index (χ0) is 11.7. The van der Waals surface area contributed by atoms with Gasteiger partial charge in [0.05, 0.1) is 20.3 Å². The summed E-state index contributed by atoms with van der Waals surface area (Å²) in [6.07, 6.45) is -0.973. The minimum Gasteiger partial charge on any atom is -0.480 e. The number of hydrogen-bond acceptors (Lipinski definition) is 5. The van der Waals surface area contributed by atoms with E-state index in [0.29, 0.717) is 6.61 Å². The van der Waals surface area contributed by atoms with Gasteiger partial charge in [0.25, 0.3) is 0 Å². The van der Waals surface area contributed by atoms with Gasteiger partial charge in [-0.15, -0.1) is 4.99 Å². The SMILES string of the molecule is CCOC(=O)CC(=NC(=O)OC)OCC. The van der Waals surface area contributed by atoms with Crippen molar-refractivity contribution in [2.45, 2.75) is 20.3 Å². The molecule has 0 aromatic carbocycles. The van der Waals surface area contributed by atoms with Crippen LogP contribution in [0.1, 0.15) is 20.3 Å². The lowest BCUT2D eigenvalue weighted by Crippen LogP contribution is -2.15. The summed E-state index contributed by atoms with van der Waals surface area (Å²) in [5.41, 5.74) is 0. The maximum atomic E-state index is 11.1. The highest BCUT2D eigenvalue weighted by atomic mass is 16.5. The fraction of sp³-hybridized carbons (Fsp3) is 0.667. The van der Waals surface area contributed by atoms with Gasteiger partial charge >= 0.3 is 12.1 Å². The molecule has 0 bridgehead atoms. The molecule has 0 spiro atoms. The predicted molar refractivity (Wildman–Crippen MR) is 52.7 cm³/mol. The van der Waals surface area contributed by atoms with Crippen LogP contribution in [0.15, 0.2) is 4.99 Å². The van der Waals surface area contributed by atoms with Gasteiger partial charge in [0, 0.05) is 0 Å². The first kappa shape index (κ1) is 13.4. The third kappa shape index (κ3) is 6.48. The van der Waals surface area contributed by atoms with E-state index in [2.05, 4.69) is 14.5 Å². The second kappa shape index (κ2) is 7.78. The van der Waals surface area contributed by atoms with E-state index in [1.54, 1.807) is 13.8 Å². The summed E-state index contributed by atoms with van der Waals surface area (Å²) >= 11 is 0. The molecule has 0 aliphatic rings. The number of amides is 1. The van der Waals surface area contributed by atoms with Crippen LogP contribution in [-0.2, 0) is 19.0 Å². The Labute approximate surface area is 88.2 Å². The Kier molecular flexibility index (Phi) is 6.96. The van der Waals surface area contributed by atoms with Gasteiger partial charge in [0.1, 0.15) is 6.42 Å². The zero-order valence-corrected chi connectivity index (χ0v) is 9.11. The average Bonchev–Trinajstić information content (AvgIpc) is 2.18. The molecule has 0 aliphatic heterocycles. The van der Waals surface area contributed by atoms with Crippen molar-refractivity contribution in [1.29, 1.82) is 0 Å². The molecule has 0 rings (SSSR count). The van der Waals surface area contributed by atoms with Crippen molar-refractivity contribution in [3.8, 4) is 0 Å². The Bertz CT molecular complexity index is 249. The molecule has 1 amide bonds. The standard InChI is InChI=1S/C9H15NO5/c1-4-14-7(10-9(12)13-3)6-8(11)15-5-2/h4-6H2,1-3H3. The zero-order valence-electron chi connectivity index (χ0n) is 9.11. The van der Waals surface area contributed by atoms with Crippen LogP contribution < -0.4 is 0 Å². The Hall–Kier alpha value is -1.59. The van der Waals surface area contributed by atoms with E-state index >= 15 is 0 Å². The van der Waals surface area contributed by atoms with Crippen molar-refractivity contribution < 1.29 is 23.8 Å². The van der Waals surface area contributed by atoms with Gasteiger partial charge in [0.15, 0.2) is 0 Å². The molecule has 0 atom stereocenters. The van der Waals surface area contributed by atoms with Crippen molar-refractivity contribution in [3.05, 3.63) is 0 Å². The number of methoxy groups -OCH3 is 1. The van der Waals surface area contributed by atoms with E-state index in [1.165, 1.54) is 7.11 Å². The number of carbonyl (C=O) groups excluding carboxylic acids is 2. The summed E-state index contributed by atoms with van der Waals surface area (Å²) in [5, 5.41) is 0. The second-order valence-electron chi connectivity index (χ2n) is 2.39. The summed E-state index contributed by atoms with van der Waals surface area (Å²) in [6, 6.07) is 0. The summed E-state index contributed by atoms with van der Waals surface area (Å²) in [6.45, 7) is 4.00. The normalized spacial score (nSPS) is 10.7. The highest BCUT2D eigenvalue weighted by Crippen LogP contribution is 1.96. The van der Waals surface area contributed by atoms with Crippen LogP contribution in [0.2, 0.25) is 0 Å². The van der Waals surface area contributed by atoms with E-state index in [9.17, 15) is 9.59 Å². The van der Waals surface area contributed by atoms with Crippen molar-refractivity contribution in [1.82, 2.24) is 0 Å². The van der Waals surface area contributed by atoms with Gasteiger partial charge in [-0.1, -0.05) is 0 Å². The summed E-state index contributed by atoms with van der Waals surface area (Å²) in [7, 11) is 1.19. The Morgan fingerprint density at radius 1 is 1.13 bits per heavy atom. The van der Waals surface area contributed by atoms with Gasteiger partial charge in [-0.3, -0.25) is 4.79 Å². The van der Waals surface area contributed by atoms with Crippen LogP contribution in [0.4, 0.5) is 4.79 Å². The number of aliphatic imine (C=N–C) groups is 1. The molecular formula is C9H15NO5. The van der Waals surface area contributed by atoms with Crippen LogP contribution in [0.25, 0.3) is 0 Å². The summed E-state index contributed by atoms with van der Waals surface area (Å²) in [5.74, 6) is -0.489. The first-order chi connectivity index (χ1) is 7.13. The minimum atomic E-state index is -0.803. The van der Waals surface area contributed by atoms with Gasteiger partial charge in [-0.2, -0.15) is 0 Å². The first-order valence-electron chi connectivity index (χ1n) is 4.57. The molecule has 0 aliphatic carbocycles. The molecule has 0 fully saturated rings. The molecule has 0 N–H and O–H groups in total. The van der Waals surface area contributed by atoms with Crippen LogP contribution in [0.3, 0.4) is 0 Å². The third-order valence-corrected chi connectivity index (χ3v) is 1.30. The predicted octanol–water partition coefficient (Wildman–Crippen LogP) is 1.14. The van der Waals surface area contributed by atoms with Gasteiger partial charge in [-0.25, -0.2) is 4.79 Å². The van der Waals surface area contributed by atoms with Crippen LogP contribution in [0, 0.1) is 0 Å². The van der Waals surface area contributed by atoms with Gasteiger partial charge in [0.2, 0.25) is 5.90 Å². The number of rotatable bonds is 4. The first-order valence-corrected chi connectivity index (χ1v) is 4.57. The maximum Gasteiger partial charge on any atom is 0.436 e. The lowest BCUT2D eigenvalue weighted by atomic mass is 10.4. The number of esters is 1. The highest BCUT2D eigenvalue weighted by molar-refractivity contribution is 5.98. The quantitative estimate of drug-likeness (QED) is 0.401. The molecule has 0 radical (unpaired) electrons. The van der Waals surface area contributed by atoms with E-state index in [-0.39, 0.29) is 18.9 Å². The molecule has 0 heterocycles. The summed E-state index contributed by atoms with van der Waals surface area (Å²) < 4.78 is 14.0. The second-order valence-corrected chi connectivity index (χ2v) is 2.39. The average molecular weight is 217 g/mol. The van der Waals surface area contributed by atoms with Crippen molar-refractivity contribution in [2.24, 2.45) is 4.99 Å². The number of ether oxygens (including phenoxy) is 3. The molecule has 15 heavy (non-hydrogen) atoms. The molecule has 0 unspecified atom stereocenters.